The zero-order valence-corrected chi connectivity index (χ0v) is 53.3. The van der Waals surface area contributed by atoms with E-state index in [0.717, 1.165) is 38.5 Å². The normalized spacial score (nSPS) is 28.9. The number of aliphatic hydroxyl groups excluding tert-OH is 11. The maximum Gasteiger partial charge on any atom is 0.220 e. The van der Waals surface area contributed by atoms with Gasteiger partial charge in [-0.15, -0.1) is 0 Å². The second kappa shape index (κ2) is 49.9. The summed E-state index contributed by atoms with van der Waals surface area (Å²) >= 11 is 0. The van der Waals surface area contributed by atoms with Crippen LogP contribution >= 0.6 is 0 Å². The van der Waals surface area contributed by atoms with Gasteiger partial charge in [0.25, 0.3) is 0 Å². The first-order valence-corrected chi connectivity index (χ1v) is 34.6. The minimum Gasteiger partial charge on any atom is -0.394 e. The van der Waals surface area contributed by atoms with Crippen LogP contribution in [0.2, 0.25) is 0 Å². The molecule has 19 nitrogen and oxygen atoms in total. The summed E-state index contributed by atoms with van der Waals surface area (Å²) in [5.74, 6) is -0.283. The van der Waals surface area contributed by atoms with Crippen molar-refractivity contribution in [2.75, 3.05) is 26.4 Å². The molecule has 0 radical (unpaired) electrons. The van der Waals surface area contributed by atoms with E-state index in [2.05, 4.69) is 31.3 Å². The molecule has 0 aromatic carbocycles. The molecular formula is C67H125NO18. The maximum atomic E-state index is 13.3. The summed E-state index contributed by atoms with van der Waals surface area (Å²) < 4.78 is 34.2. The van der Waals surface area contributed by atoms with Gasteiger partial charge in [-0.25, -0.2) is 0 Å². The Hall–Kier alpha value is -1.73. The first-order chi connectivity index (χ1) is 41.8. The van der Waals surface area contributed by atoms with E-state index >= 15 is 0 Å². The minimum atomic E-state index is -1.98. The smallest absolute Gasteiger partial charge is 0.220 e. The van der Waals surface area contributed by atoms with Crippen LogP contribution in [0.25, 0.3) is 0 Å². The summed E-state index contributed by atoms with van der Waals surface area (Å²) in [5, 5.41) is 120. The Morgan fingerprint density at radius 1 is 0.407 bits per heavy atom. The number of aliphatic hydroxyl groups is 11. The standard InChI is InChI=1S/C67H125NO18/c1-3-5-7-9-11-13-15-16-17-18-19-20-21-22-23-24-25-26-27-28-29-30-31-32-33-34-35-37-39-41-43-45-55(73)68-50(51(72)44-42-40-38-36-14-12-10-8-6-4-2)49-81-65-61(79)58(76)63(53(47-70)83-65)86-67-62(80)59(77)64(54(48-71)84-67)85-66-60(78)57(75)56(74)52(46-69)82-66/h14,36,42,44,50-54,56-67,69-72,74-80H,3-13,15-35,37-41,43,45-49H2,1-2H3,(H,68,73)/b36-14+,44-42+. The molecule has 0 bridgehead atoms. The topological polar surface area (TPSA) is 307 Å². The number of ether oxygens (including phenoxy) is 6. The molecule has 0 aromatic rings. The van der Waals surface area contributed by atoms with Gasteiger partial charge in [0.15, 0.2) is 18.9 Å². The van der Waals surface area contributed by atoms with Crippen molar-refractivity contribution in [1.29, 1.82) is 0 Å². The summed E-state index contributed by atoms with van der Waals surface area (Å²) in [7, 11) is 0. The van der Waals surface area contributed by atoms with Gasteiger partial charge in [0.1, 0.15) is 73.2 Å². The third kappa shape index (κ3) is 32.0. The van der Waals surface area contributed by atoms with E-state index in [9.17, 15) is 61.0 Å². The number of hydrogen-bond acceptors (Lipinski definition) is 18. The number of amides is 1. The second-order valence-electron chi connectivity index (χ2n) is 25.0. The lowest BCUT2D eigenvalue weighted by Crippen LogP contribution is -2.66. The van der Waals surface area contributed by atoms with E-state index in [-0.39, 0.29) is 18.9 Å². The van der Waals surface area contributed by atoms with Crippen molar-refractivity contribution in [2.24, 2.45) is 0 Å². The Bertz CT molecular complexity index is 1660. The number of hydrogen-bond donors (Lipinski definition) is 12. The van der Waals surface area contributed by atoms with E-state index in [4.69, 9.17) is 28.4 Å². The zero-order chi connectivity index (χ0) is 62.6. The van der Waals surface area contributed by atoms with Crippen molar-refractivity contribution in [3.8, 4) is 0 Å². The SMILES string of the molecule is CCCCCC/C=C/CC/C=C/C(O)C(COC1OC(CO)C(OC2OC(CO)C(OC3OC(CO)C(O)C(O)C3O)C(O)C2O)C(O)C1O)NC(=O)CCCCCCCCCCCCCCCCCCCCCCCCCCCCCCCCC. The predicted octanol–water partition coefficient (Wildman–Crippen LogP) is 8.66. The summed E-state index contributed by atoms with van der Waals surface area (Å²) in [6.45, 7) is 1.68. The Morgan fingerprint density at radius 2 is 0.744 bits per heavy atom. The fourth-order valence-electron chi connectivity index (χ4n) is 11.9. The van der Waals surface area contributed by atoms with E-state index < -0.39 is 124 Å². The Morgan fingerprint density at radius 3 is 1.16 bits per heavy atom. The van der Waals surface area contributed by atoms with Gasteiger partial charge >= 0.3 is 0 Å². The zero-order valence-electron chi connectivity index (χ0n) is 53.3. The average molecular weight is 1230 g/mol. The van der Waals surface area contributed by atoms with Gasteiger partial charge in [-0.1, -0.05) is 250 Å². The van der Waals surface area contributed by atoms with Crippen LogP contribution in [0.1, 0.15) is 264 Å². The molecule has 3 rings (SSSR count). The quantitative estimate of drug-likeness (QED) is 0.0200. The van der Waals surface area contributed by atoms with Gasteiger partial charge in [-0.3, -0.25) is 4.79 Å². The molecule has 17 unspecified atom stereocenters. The van der Waals surface area contributed by atoms with Crippen LogP contribution in [0, 0.1) is 0 Å². The Labute approximate surface area is 518 Å². The molecule has 0 aromatic heterocycles. The molecule has 3 heterocycles. The molecule has 17 atom stereocenters. The van der Waals surface area contributed by atoms with Crippen molar-refractivity contribution in [1.82, 2.24) is 5.32 Å². The van der Waals surface area contributed by atoms with Crippen molar-refractivity contribution in [3.05, 3.63) is 24.3 Å². The lowest BCUT2D eigenvalue weighted by molar-refractivity contribution is -0.379. The predicted molar refractivity (Wildman–Crippen MR) is 333 cm³/mol. The molecule has 0 saturated carbocycles. The van der Waals surface area contributed by atoms with Crippen LogP contribution in [-0.2, 0) is 33.2 Å². The molecule has 0 spiro atoms. The van der Waals surface area contributed by atoms with Crippen LogP contribution in [-0.4, -0.2) is 193 Å². The first kappa shape index (κ1) is 78.5. The minimum absolute atomic E-state index is 0.240. The van der Waals surface area contributed by atoms with E-state index in [1.54, 1.807) is 6.08 Å². The van der Waals surface area contributed by atoms with Crippen molar-refractivity contribution < 1.29 is 89.4 Å². The van der Waals surface area contributed by atoms with Gasteiger partial charge in [-0.05, 0) is 32.1 Å². The first-order valence-electron chi connectivity index (χ1n) is 34.6. The molecule has 3 aliphatic rings. The van der Waals surface area contributed by atoms with Crippen LogP contribution < -0.4 is 5.32 Å². The van der Waals surface area contributed by atoms with Crippen molar-refractivity contribution in [3.63, 3.8) is 0 Å². The van der Waals surface area contributed by atoms with Gasteiger partial charge < -0.3 is 89.9 Å². The van der Waals surface area contributed by atoms with Gasteiger partial charge in [-0.2, -0.15) is 0 Å². The number of allylic oxidation sites excluding steroid dienone is 3. The number of carbonyl (C=O) groups is 1. The number of nitrogens with one attached hydrogen (secondary N) is 1. The molecule has 1 amide bonds. The Kier molecular flexibility index (Phi) is 45.6. The number of rotatable bonds is 53. The highest BCUT2D eigenvalue weighted by Crippen LogP contribution is 2.33. The van der Waals surface area contributed by atoms with Crippen LogP contribution in [0.5, 0.6) is 0 Å². The van der Waals surface area contributed by atoms with E-state index in [1.807, 2.05) is 6.08 Å². The molecule has 12 N–H and O–H groups in total. The fraction of sp³-hybridized carbons (Fsp3) is 0.925. The molecule has 506 valence electrons. The summed E-state index contributed by atoms with van der Waals surface area (Å²) in [6, 6.07) is -0.985. The summed E-state index contributed by atoms with van der Waals surface area (Å²) in [5.41, 5.74) is 0. The van der Waals surface area contributed by atoms with Gasteiger partial charge in [0.2, 0.25) is 5.91 Å². The fourth-order valence-corrected chi connectivity index (χ4v) is 11.9. The van der Waals surface area contributed by atoms with Gasteiger partial charge in [0.05, 0.1) is 38.6 Å². The Balaban J connectivity index is 1.34. The van der Waals surface area contributed by atoms with Gasteiger partial charge in [0, 0.05) is 6.42 Å². The monoisotopic (exact) mass is 1230 g/mol. The average Bonchev–Trinajstić information content (AvgIpc) is 2.05. The van der Waals surface area contributed by atoms with Crippen molar-refractivity contribution in [2.45, 2.75) is 369 Å². The molecular weight excluding hydrogens is 1110 g/mol. The molecule has 3 saturated heterocycles. The van der Waals surface area contributed by atoms with Crippen LogP contribution in [0.4, 0.5) is 0 Å². The van der Waals surface area contributed by atoms with Crippen LogP contribution in [0.15, 0.2) is 24.3 Å². The summed E-state index contributed by atoms with van der Waals surface area (Å²) in [4.78, 5) is 13.3. The third-order valence-electron chi connectivity index (χ3n) is 17.5. The largest absolute Gasteiger partial charge is 0.394 e. The molecule has 3 fully saturated rings. The lowest BCUT2D eigenvalue weighted by atomic mass is 9.96. The number of carbonyl (C=O) groups excluding carboxylic acids is 1. The molecule has 86 heavy (non-hydrogen) atoms. The summed E-state index contributed by atoms with van der Waals surface area (Å²) in [6.07, 6.45) is 29.3. The highest BCUT2D eigenvalue weighted by atomic mass is 16.8. The maximum absolute atomic E-state index is 13.3. The van der Waals surface area contributed by atoms with Crippen molar-refractivity contribution >= 4 is 5.91 Å². The highest BCUT2D eigenvalue weighted by molar-refractivity contribution is 5.76. The lowest BCUT2D eigenvalue weighted by Gasteiger charge is -2.48. The molecule has 3 aliphatic heterocycles. The third-order valence-corrected chi connectivity index (χ3v) is 17.5. The second-order valence-corrected chi connectivity index (χ2v) is 25.0. The number of unbranched alkanes of at least 4 members (excludes halogenated alkanes) is 35. The highest BCUT2D eigenvalue weighted by Gasteiger charge is 2.53. The molecule has 0 aliphatic carbocycles. The van der Waals surface area contributed by atoms with Crippen LogP contribution in [0.3, 0.4) is 0 Å². The van der Waals surface area contributed by atoms with E-state index in [1.165, 1.54) is 193 Å². The van der Waals surface area contributed by atoms with E-state index in [0.29, 0.717) is 12.8 Å². The molecule has 19 heteroatoms.